The van der Waals surface area contributed by atoms with Crippen molar-refractivity contribution < 1.29 is 4.42 Å². The summed E-state index contributed by atoms with van der Waals surface area (Å²) in [7, 11) is 0. The Hall–Kier alpha value is -2.94. The van der Waals surface area contributed by atoms with Crippen LogP contribution in [0.2, 0.25) is 0 Å². The lowest BCUT2D eigenvalue weighted by Gasteiger charge is -2.15. The van der Waals surface area contributed by atoms with E-state index in [1.165, 1.54) is 11.1 Å². The van der Waals surface area contributed by atoms with Crippen molar-refractivity contribution in [2.45, 2.75) is 19.8 Å². The molecule has 0 radical (unpaired) electrons. The van der Waals surface area contributed by atoms with E-state index in [-0.39, 0.29) is 0 Å². The molecule has 0 unspecified atom stereocenters. The molecule has 1 aliphatic rings. The first-order chi connectivity index (χ1) is 12.3. The molecule has 124 valence electrons. The molecule has 3 heterocycles. The van der Waals surface area contributed by atoms with Crippen LogP contribution in [0.15, 0.2) is 75.9 Å². The standard InChI is InChI=1S/C22H20N2O/c1-16-6-2-3-9-20(16)21-11-10-19(25-21)14-17-7-5-13-24-22(17)18-8-4-12-23-15-18/h2-4,6,8-12,14-15H,5,7,13H2,1H3. The monoisotopic (exact) mass is 328 g/mol. The zero-order chi connectivity index (χ0) is 17.1. The summed E-state index contributed by atoms with van der Waals surface area (Å²) < 4.78 is 6.09. The van der Waals surface area contributed by atoms with Gasteiger partial charge < -0.3 is 4.42 Å². The molecule has 2 aromatic heterocycles. The molecule has 3 heteroatoms. The molecule has 1 aromatic carbocycles. The van der Waals surface area contributed by atoms with Gasteiger partial charge >= 0.3 is 0 Å². The Morgan fingerprint density at radius 2 is 1.96 bits per heavy atom. The summed E-state index contributed by atoms with van der Waals surface area (Å²) in [6.45, 7) is 2.97. The summed E-state index contributed by atoms with van der Waals surface area (Å²) in [5, 5.41) is 0. The fourth-order valence-corrected chi connectivity index (χ4v) is 3.20. The summed E-state index contributed by atoms with van der Waals surface area (Å²) in [5.41, 5.74) is 5.67. The van der Waals surface area contributed by atoms with E-state index >= 15 is 0 Å². The van der Waals surface area contributed by atoms with Crippen LogP contribution in [0.5, 0.6) is 0 Å². The molecule has 3 nitrogen and oxygen atoms in total. The number of allylic oxidation sites excluding steroid dienone is 1. The molecule has 0 atom stereocenters. The Labute approximate surface area is 147 Å². The lowest BCUT2D eigenvalue weighted by atomic mass is 9.96. The average Bonchev–Trinajstić information content (AvgIpc) is 3.11. The van der Waals surface area contributed by atoms with Crippen LogP contribution in [-0.2, 0) is 0 Å². The van der Waals surface area contributed by atoms with Crippen molar-refractivity contribution in [3.8, 4) is 11.3 Å². The number of benzene rings is 1. The average molecular weight is 328 g/mol. The van der Waals surface area contributed by atoms with Crippen molar-refractivity contribution in [1.29, 1.82) is 0 Å². The number of furan rings is 1. The maximum Gasteiger partial charge on any atom is 0.135 e. The molecule has 0 N–H and O–H groups in total. The van der Waals surface area contributed by atoms with Crippen LogP contribution in [0.1, 0.15) is 29.7 Å². The number of hydrogen-bond acceptors (Lipinski definition) is 3. The zero-order valence-electron chi connectivity index (χ0n) is 14.3. The van der Waals surface area contributed by atoms with Crippen molar-refractivity contribution in [3.63, 3.8) is 0 Å². The second-order valence-corrected chi connectivity index (χ2v) is 6.26. The lowest BCUT2D eigenvalue weighted by molar-refractivity contribution is 0.570. The summed E-state index contributed by atoms with van der Waals surface area (Å²) in [4.78, 5) is 8.95. The third-order valence-electron chi connectivity index (χ3n) is 4.47. The predicted molar refractivity (Wildman–Crippen MR) is 102 cm³/mol. The predicted octanol–water partition coefficient (Wildman–Crippen LogP) is 5.32. The van der Waals surface area contributed by atoms with Gasteiger partial charge in [-0.25, -0.2) is 0 Å². The topological polar surface area (TPSA) is 38.4 Å². The summed E-state index contributed by atoms with van der Waals surface area (Å²) in [6, 6.07) is 16.4. The molecule has 3 aromatic rings. The largest absolute Gasteiger partial charge is 0.457 e. The molecule has 0 bridgehead atoms. The highest BCUT2D eigenvalue weighted by atomic mass is 16.3. The number of aliphatic imine (C=N–C) groups is 1. The summed E-state index contributed by atoms with van der Waals surface area (Å²) in [6.07, 6.45) is 7.86. The van der Waals surface area contributed by atoms with E-state index in [1.54, 1.807) is 6.20 Å². The van der Waals surface area contributed by atoms with Crippen molar-refractivity contribution >= 4 is 11.8 Å². The zero-order valence-corrected chi connectivity index (χ0v) is 14.3. The minimum atomic E-state index is 0.867. The quantitative estimate of drug-likeness (QED) is 0.653. The van der Waals surface area contributed by atoms with E-state index < -0.39 is 0 Å². The maximum atomic E-state index is 6.09. The SMILES string of the molecule is Cc1ccccc1-c1ccc(C=C2CCCN=C2c2cccnc2)o1. The van der Waals surface area contributed by atoms with Crippen LogP contribution >= 0.6 is 0 Å². The molecule has 25 heavy (non-hydrogen) atoms. The van der Waals surface area contributed by atoms with E-state index in [4.69, 9.17) is 9.41 Å². The number of nitrogens with zero attached hydrogens (tertiary/aromatic N) is 2. The summed E-state index contributed by atoms with van der Waals surface area (Å²) in [5.74, 6) is 1.77. The molecule has 0 spiro atoms. The van der Waals surface area contributed by atoms with Crippen LogP contribution in [0.3, 0.4) is 0 Å². The molecule has 0 amide bonds. The van der Waals surface area contributed by atoms with Crippen molar-refractivity contribution in [3.05, 3.63) is 83.4 Å². The Bertz CT molecular complexity index is 935. The van der Waals surface area contributed by atoms with Gasteiger partial charge in [0.15, 0.2) is 0 Å². The normalized spacial score (nSPS) is 16.0. The van der Waals surface area contributed by atoms with Gasteiger partial charge in [0, 0.05) is 30.1 Å². The van der Waals surface area contributed by atoms with Crippen molar-refractivity contribution in [2.75, 3.05) is 6.54 Å². The number of aromatic nitrogens is 1. The molecular weight excluding hydrogens is 308 g/mol. The minimum Gasteiger partial charge on any atom is -0.457 e. The summed E-state index contributed by atoms with van der Waals surface area (Å²) >= 11 is 0. The molecule has 0 saturated heterocycles. The third kappa shape index (κ3) is 3.31. The molecule has 0 saturated carbocycles. The van der Waals surface area contributed by atoms with Gasteiger partial charge in [0.2, 0.25) is 0 Å². The Balaban J connectivity index is 1.67. The fourth-order valence-electron chi connectivity index (χ4n) is 3.20. The van der Waals surface area contributed by atoms with Gasteiger partial charge in [-0.1, -0.05) is 24.3 Å². The second-order valence-electron chi connectivity index (χ2n) is 6.26. The van der Waals surface area contributed by atoms with E-state index in [0.29, 0.717) is 0 Å². The van der Waals surface area contributed by atoms with Crippen molar-refractivity contribution in [2.24, 2.45) is 4.99 Å². The van der Waals surface area contributed by atoms with Gasteiger partial charge in [0.05, 0.1) is 5.71 Å². The van der Waals surface area contributed by atoms with Gasteiger partial charge in [-0.2, -0.15) is 0 Å². The van der Waals surface area contributed by atoms with Gasteiger partial charge in [-0.15, -0.1) is 0 Å². The number of hydrogen-bond donors (Lipinski definition) is 0. The van der Waals surface area contributed by atoms with Crippen LogP contribution < -0.4 is 0 Å². The van der Waals surface area contributed by atoms with Gasteiger partial charge in [-0.3, -0.25) is 9.98 Å². The highest BCUT2D eigenvalue weighted by Gasteiger charge is 2.15. The van der Waals surface area contributed by atoms with Crippen LogP contribution in [0.4, 0.5) is 0 Å². The Morgan fingerprint density at radius 3 is 2.80 bits per heavy atom. The number of aryl methyl sites for hydroxylation is 1. The van der Waals surface area contributed by atoms with Crippen LogP contribution in [0.25, 0.3) is 17.4 Å². The molecule has 1 aliphatic heterocycles. The van der Waals surface area contributed by atoms with Gasteiger partial charge in [0.1, 0.15) is 11.5 Å². The Kier molecular flexibility index (Phi) is 4.30. The lowest BCUT2D eigenvalue weighted by Crippen LogP contribution is -2.11. The molecule has 4 rings (SSSR count). The maximum absolute atomic E-state index is 6.09. The first-order valence-corrected chi connectivity index (χ1v) is 8.63. The van der Waals surface area contributed by atoms with Crippen molar-refractivity contribution in [1.82, 2.24) is 4.98 Å². The first-order valence-electron chi connectivity index (χ1n) is 8.63. The fraction of sp³-hybridized carbons (Fsp3) is 0.182. The molecule has 0 aliphatic carbocycles. The molecule has 0 fully saturated rings. The first kappa shape index (κ1) is 15.6. The Morgan fingerprint density at radius 1 is 1.04 bits per heavy atom. The van der Waals surface area contributed by atoms with Gasteiger partial charge in [-0.05, 0) is 61.2 Å². The smallest absolute Gasteiger partial charge is 0.135 e. The second kappa shape index (κ2) is 6.89. The van der Waals surface area contributed by atoms with Gasteiger partial charge in [0.25, 0.3) is 0 Å². The third-order valence-corrected chi connectivity index (χ3v) is 4.47. The van der Waals surface area contributed by atoms with E-state index in [0.717, 1.165) is 47.7 Å². The molecular formula is C22H20N2O. The highest BCUT2D eigenvalue weighted by molar-refractivity contribution is 6.15. The minimum absolute atomic E-state index is 0.867. The number of rotatable bonds is 3. The number of pyridine rings is 1. The van der Waals surface area contributed by atoms with E-state index in [9.17, 15) is 0 Å². The van der Waals surface area contributed by atoms with E-state index in [1.807, 2.05) is 36.5 Å². The highest BCUT2D eigenvalue weighted by Crippen LogP contribution is 2.28. The van der Waals surface area contributed by atoms with Crippen LogP contribution in [0, 0.1) is 6.92 Å². The van der Waals surface area contributed by atoms with Crippen LogP contribution in [-0.4, -0.2) is 17.2 Å². The van der Waals surface area contributed by atoms with E-state index in [2.05, 4.69) is 36.2 Å².